The van der Waals surface area contributed by atoms with Crippen molar-refractivity contribution in [2.45, 2.75) is 53.2 Å². The molecule has 10 heteroatoms. The average Bonchev–Trinajstić information content (AvgIpc) is 2.87. The van der Waals surface area contributed by atoms with Gasteiger partial charge in [0.2, 0.25) is 5.91 Å². The number of alkyl carbamates (subject to hydrolysis) is 1. The normalized spacial score (nSPS) is 13.3. The van der Waals surface area contributed by atoms with E-state index in [1.165, 1.54) is 6.08 Å². The van der Waals surface area contributed by atoms with Gasteiger partial charge in [-0.25, -0.2) is 9.78 Å². The molecule has 0 radical (unpaired) electrons. The maximum Gasteiger partial charge on any atom is 0.408 e. The van der Waals surface area contributed by atoms with Crippen LogP contribution in [0, 0.1) is 5.41 Å². The van der Waals surface area contributed by atoms with E-state index in [0.717, 1.165) is 27.7 Å². The molecule has 0 aliphatic carbocycles. The molecule has 220 valence electrons. The second kappa shape index (κ2) is 11.7. The zero-order valence-electron chi connectivity index (χ0n) is 24.5. The molecule has 0 saturated heterocycles. The molecule has 1 unspecified atom stereocenters. The predicted octanol–water partition coefficient (Wildman–Crippen LogP) is 7.08. The molecule has 0 saturated carbocycles. The topological polar surface area (TPSA) is 138 Å². The molecule has 0 fully saturated rings. The number of fused-ring (bicyclic) bond motifs is 2. The number of benzene rings is 3. The van der Waals surface area contributed by atoms with E-state index in [1.54, 1.807) is 39.0 Å². The summed E-state index contributed by atoms with van der Waals surface area (Å²) >= 11 is 0. The zero-order chi connectivity index (χ0) is 30.9. The maximum absolute atomic E-state index is 13.6. The van der Waals surface area contributed by atoms with Gasteiger partial charge in [-0.15, -0.1) is 0 Å². The molecule has 42 heavy (non-hydrogen) atoms. The summed E-state index contributed by atoms with van der Waals surface area (Å²) in [5.74, 6) is 0.406. The first kappa shape index (κ1) is 30.9. The van der Waals surface area contributed by atoms with Crippen molar-refractivity contribution in [3.63, 3.8) is 0 Å². The lowest BCUT2D eigenvalue weighted by Gasteiger charge is -2.31. The number of hydrogen-bond acceptors (Lipinski definition) is 5. The third-order valence-electron chi connectivity index (χ3n) is 6.39. The molecule has 0 aliphatic heterocycles. The minimum absolute atomic E-state index is 0.374. The first-order valence-electron chi connectivity index (χ1n) is 13.5. The fourth-order valence-corrected chi connectivity index (χ4v) is 4.92. The van der Waals surface area contributed by atoms with E-state index in [4.69, 9.17) is 9.72 Å². The Kier molecular flexibility index (Phi) is 8.60. The summed E-state index contributed by atoms with van der Waals surface area (Å²) in [5.41, 5.74) is 1.71. The number of anilines is 1. The predicted molar refractivity (Wildman–Crippen MR) is 167 cm³/mol. The molecule has 0 bridgehead atoms. The Morgan fingerprint density at radius 1 is 0.905 bits per heavy atom. The van der Waals surface area contributed by atoms with Gasteiger partial charge in [-0.3, -0.25) is 9.36 Å². The van der Waals surface area contributed by atoms with E-state index in [0.29, 0.717) is 22.3 Å². The van der Waals surface area contributed by atoms with Gasteiger partial charge in [0.25, 0.3) is 0 Å². The minimum Gasteiger partial charge on any atom is -0.444 e. The third kappa shape index (κ3) is 7.82. The summed E-state index contributed by atoms with van der Waals surface area (Å²) < 4.78 is 16.8. The molecular weight excluding hydrogens is 553 g/mol. The van der Waals surface area contributed by atoms with Crippen LogP contribution in [-0.2, 0) is 14.1 Å². The summed E-state index contributed by atoms with van der Waals surface area (Å²) in [6.45, 7) is 10.8. The Labute approximate surface area is 245 Å². The molecule has 9 nitrogen and oxygen atoms in total. The highest BCUT2D eigenvalue weighted by Gasteiger charge is 2.34. The number of ether oxygens (including phenoxy) is 1. The molecule has 2 amide bonds. The number of carbonyl (C=O) groups excluding carboxylic acids is 2. The van der Waals surface area contributed by atoms with Gasteiger partial charge in [-0.2, -0.15) is 0 Å². The van der Waals surface area contributed by atoms with Crippen molar-refractivity contribution in [3.8, 4) is 11.1 Å². The minimum atomic E-state index is -4.37. The van der Waals surface area contributed by atoms with E-state index in [1.807, 2.05) is 69.3 Å². The Morgan fingerprint density at radius 2 is 1.60 bits per heavy atom. The lowest BCUT2D eigenvalue weighted by molar-refractivity contribution is -0.120. The molecular formula is C32H36N3O6P. The number of amides is 2. The molecule has 4 aromatic rings. The SMILES string of the molecule is CC(C)(C)OC(=O)NC(C(=O)Nc1cc(-c2cccc3ccccc23)c2nc(/C=C/P(=O)(O)O)ccc2c1)C(C)(C)C. The van der Waals surface area contributed by atoms with Crippen LogP contribution in [0.3, 0.4) is 0 Å². The largest absolute Gasteiger partial charge is 0.444 e. The number of rotatable bonds is 6. The van der Waals surface area contributed by atoms with Crippen LogP contribution in [0.25, 0.3) is 38.9 Å². The molecule has 0 aliphatic rings. The summed E-state index contributed by atoms with van der Waals surface area (Å²) in [7, 11) is -4.37. The summed E-state index contributed by atoms with van der Waals surface area (Å²) in [6.07, 6.45) is 0.603. The number of nitrogens with zero attached hydrogens (tertiary/aromatic N) is 1. The number of carbonyl (C=O) groups is 2. The van der Waals surface area contributed by atoms with E-state index < -0.39 is 36.7 Å². The van der Waals surface area contributed by atoms with E-state index >= 15 is 0 Å². The van der Waals surface area contributed by atoms with Crippen LogP contribution >= 0.6 is 7.60 Å². The van der Waals surface area contributed by atoms with Crippen molar-refractivity contribution in [2.24, 2.45) is 5.41 Å². The Bertz CT molecular complexity index is 1730. The fourth-order valence-electron chi connectivity index (χ4n) is 4.57. The van der Waals surface area contributed by atoms with Gasteiger partial charge in [-0.05, 0) is 66.8 Å². The standard InChI is InChI=1S/C32H36N3O6P/c1-31(2,3)28(35-30(37)41-32(4,5)6)29(36)34-23-18-21-14-15-22(16-17-42(38,39)40)33-27(21)26(19-23)25-13-9-11-20-10-7-8-12-24(20)25/h7-19,28H,1-6H3,(H,34,36)(H,35,37)(H2,38,39,40)/b17-16+. The highest BCUT2D eigenvalue weighted by atomic mass is 31.2. The maximum atomic E-state index is 13.6. The third-order valence-corrected chi connectivity index (χ3v) is 6.93. The first-order chi connectivity index (χ1) is 19.5. The van der Waals surface area contributed by atoms with Crippen molar-refractivity contribution >= 4 is 53.0 Å². The van der Waals surface area contributed by atoms with Crippen LogP contribution in [0.4, 0.5) is 10.5 Å². The van der Waals surface area contributed by atoms with Crippen molar-refractivity contribution in [1.82, 2.24) is 10.3 Å². The summed E-state index contributed by atoms with van der Waals surface area (Å²) in [4.78, 5) is 49.5. The number of hydrogen-bond donors (Lipinski definition) is 4. The van der Waals surface area contributed by atoms with E-state index in [-0.39, 0.29) is 0 Å². The van der Waals surface area contributed by atoms with Crippen LogP contribution in [0.15, 0.2) is 72.5 Å². The zero-order valence-corrected chi connectivity index (χ0v) is 25.4. The van der Waals surface area contributed by atoms with Gasteiger partial charge in [-0.1, -0.05) is 69.3 Å². The fraction of sp³-hybridized carbons (Fsp3) is 0.281. The number of pyridine rings is 1. The summed E-state index contributed by atoms with van der Waals surface area (Å²) in [6, 6.07) is 19.9. The van der Waals surface area contributed by atoms with Gasteiger partial charge >= 0.3 is 13.7 Å². The molecule has 1 atom stereocenters. The molecule has 1 aromatic heterocycles. The molecule has 4 rings (SSSR count). The lowest BCUT2D eigenvalue weighted by Crippen LogP contribution is -2.52. The molecule has 3 aromatic carbocycles. The smallest absolute Gasteiger partial charge is 0.408 e. The van der Waals surface area contributed by atoms with Crippen LogP contribution in [0.1, 0.15) is 47.2 Å². The van der Waals surface area contributed by atoms with Crippen molar-refractivity contribution < 1.29 is 28.7 Å². The first-order valence-corrected chi connectivity index (χ1v) is 15.2. The highest BCUT2D eigenvalue weighted by Crippen LogP contribution is 2.38. The second-order valence-electron chi connectivity index (χ2n) is 12.2. The van der Waals surface area contributed by atoms with Gasteiger partial charge in [0.05, 0.1) is 11.2 Å². The number of nitrogens with one attached hydrogen (secondary N) is 2. The van der Waals surface area contributed by atoms with Gasteiger partial charge in [0, 0.05) is 22.5 Å². The summed E-state index contributed by atoms with van der Waals surface area (Å²) in [5, 5.41) is 8.39. The van der Waals surface area contributed by atoms with Crippen LogP contribution in [0.5, 0.6) is 0 Å². The van der Waals surface area contributed by atoms with Crippen LogP contribution in [-0.4, -0.2) is 38.4 Å². The van der Waals surface area contributed by atoms with Gasteiger partial charge < -0.3 is 25.2 Å². The van der Waals surface area contributed by atoms with Crippen molar-refractivity contribution in [1.29, 1.82) is 0 Å². The van der Waals surface area contributed by atoms with Crippen molar-refractivity contribution in [2.75, 3.05) is 5.32 Å². The van der Waals surface area contributed by atoms with Crippen LogP contribution in [0.2, 0.25) is 0 Å². The second-order valence-corrected chi connectivity index (χ2v) is 13.7. The Balaban J connectivity index is 1.82. The van der Waals surface area contributed by atoms with Crippen molar-refractivity contribution in [3.05, 3.63) is 78.2 Å². The van der Waals surface area contributed by atoms with Gasteiger partial charge in [0.15, 0.2) is 0 Å². The highest BCUT2D eigenvalue weighted by molar-refractivity contribution is 7.55. The number of aromatic nitrogens is 1. The van der Waals surface area contributed by atoms with E-state index in [2.05, 4.69) is 10.6 Å². The molecule has 1 heterocycles. The quantitative estimate of drug-likeness (QED) is 0.176. The van der Waals surface area contributed by atoms with Crippen LogP contribution < -0.4 is 10.6 Å². The van der Waals surface area contributed by atoms with E-state index in [9.17, 15) is 23.9 Å². The molecule has 4 N–H and O–H groups in total. The van der Waals surface area contributed by atoms with Gasteiger partial charge in [0.1, 0.15) is 11.6 Å². The monoisotopic (exact) mass is 589 g/mol. The average molecular weight is 590 g/mol. The molecule has 0 spiro atoms. The Hall–Kier alpha value is -4.04. The lowest BCUT2D eigenvalue weighted by atomic mass is 9.86. The Morgan fingerprint density at radius 3 is 2.26 bits per heavy atom.